The highest BCUT2D eigenvalue weighted by atomic mass is 14.5. The average Bonchev–Trinajstić information content (AvgIpc) is 2.31. The average molecular weight is 227 g/mol. The van der Waals surface area contributed by atoms with Gasteiger partial charge in [0.1, 0.15) is 0 Å². The topological polar surface area (TPSA) is 26.0 Å². The van der Waals surface area contributed by atoms with Crippen LogP contribution in [0, 0.1) is 5.41 Å². The molecule has 0 aliphatic carbocycles. The number of allylic oxidation sites excluding steroid dienone is 1. The molecule has 2 N–H and O–H groups in total. The van der Waals surface area contributed by atoms with Crippen molar-refractivity contribution >= 4 is 0 Å². The van der Waals surface area contributed by atoms with Crippen LogP contribution >= 0.6 is 0 Å². The van der Waals surface area contributed by atoms with Crippen LogP contribution in [0.25, 0.3) is 0 Å². The van der Waals surface area contributed by atoms with Gasteiger partial charge in [-0.15, -0.1) is 13.2 Å². The maximum absolute atomic E-state index is 5.21. The van der Waals surface area contributed by atoms with E-state index in [1.807, 2.05) is 0 Å². The van der Waals surface area contributed by atoms with Crippen molar-refractivity contribution in [2.45, 2.75) is 66.7 Å². The van der Waals surface area contributed by atoms with Crippen LogP contribution in [0.1, 0.15) is 66.7 Å². The molecule has 98 valence electrons. The minimum atomic E-state index is 0.625. The SMILES string of the molecule is C=C.C=C(N)CCC.CCC(C)(CC)CC. The zero-order valence-electron chi connectivity index (χ0n) is 12.2. The quantitative estimate of drug-likeness (QED) is 0.635. The largest absolute Gasteiger partial charge is 0.403 e. The van der Waals surface area contributed by atoms with Crippen molar-refractivity contribution < 1.29 is 0 Å². The summed E-state index contributed by atoms with van der Waals surface area (Å²) in [6, 6.07) is 0. The van der Waals surface area contributed by atoms with Crippen molar-refractivity contribution in [3.8, 4) is 0 Å². The second-order valence-electron chi connectivity index (χ2n) is 4.28. The molecule has 0 aromatic rings. The summed E-state index contributed by atoms with van der Waals surface area (Å²) >= 11 is 0. The van der Waals surface area contributed by atoms with E-state index in [4.69, 9.17) is 5.73 Å². The number of hydrogen-bond acceptors (Lipinski definition) is 1. The van der Waals surface area contributed by atoms with Gasteiger partial charge < -0.3 is 5.73 Å². The van der Waals surface area contributed by atoms with E-state index in [9.17, 15) is 0 Å². The van der Waals surface area contributed by atoms with Gasteiger partial charge in [-0.3, -0.25) is 0 Å². The van der Waals surface area contributed by atoms with Gasteiger partial charge in [0.25, 0.3) is 0 Å². The predicted octanol–water partition coefficient (Wildman–Crippen LogP) is 5.28. The Hall–Kier alpha value is -0.720. The first-order chi connectivity index (χ1) is 7.45. The Balaban J connectivity index is -0.000000188. The highest BCUT2D eigenvalue weighted by Gasteiger charge is 2.15. The van der Waals surface area contributed by atoms with Crippen molar-refractivity contribution in [3.63, 3.8) is 0 Å². The van der Waals surface area contributed by atoms with Crippen molar-refractivity contribution in [2.24, 2.45) is 11.1 Å². The lowest BCUT2D eigenvalue weighted by molar-refractivity contribution is 0.286. The maximum Gasteiger partial charge on any atom is 0.000733 e. The fraction of sp³-hybridized carbons (Fsp3) is 0.733. The maximum atomic E-state index is 5.21. The minimum absolute atomic E-state index is 0.625. The van der Waals surface area contributed by atoms with Crippen LogP contribution in [0.2, 0.25) is 0 Å². The first-order valence-corrected chi connectivity index (χ1v) is 6.38. The van der Waals surface area contributed by atoms with E-state index in [2.05, 4.69) is 54.4 Å². The molecule has 0 amide bonds. The third kappa shape index (κ3) is 15.7. The van der Waals surface area contributed by atoms with E-state index in [-0.39, 0.29) is 0 Å². The molecular formula is C15H33N. The lowest BCUT2D eigenvalue weighted by atomic mass is 9.82. The van der Waals surface area contributed by atoms with Crippen LogP contribution in [0.3, 0.4) is 0 Å². The lowest BCUT2D eigenvalue weighted by Gasteiger charge is -2.23. The van der Waals surface area contributed by atoms with Crippen LogP contribution in [0.5, 0.6) is 0 Å². The Morgan fingerprint density at radius 2 is 1.31 bits per heavy atom. The third-order valence-electron chi connectivity index (χ3n) is 3.13. The molecule has 1 heteroatoms. The second kappa shape index (κ2) is 14.3. The Morgan fingerprint density at radius 3 is 1.31 bits per heavy atom. The zero-order valence-corrected chi connectivity index (χ0v) is 12.2. The fourth-order valence-electron chi connectivity index (χ4n) is 1.07. The molecule has 0 atom stereocenters. The monoisotopic (exact) mass is 227 g/mol. The molecule has 0 saturated carbocycles. The first-order valence-electron chi connectivity index (χ1n) is 6.38. The van der Waals surface area contributed by atoms with Crippen LogP contribution in [-0.2, 0) is 0 Å². The third-order valence-corrected chi connectivity index (χ3v) is 3.13. The molecular weight excluding hydrogens is 194 g/mol. The van der Waals surface area contributed by atoms with E-state index in [1.54, 1.807) is 0 Å². The van der Waals surface area contributed by atoms with Crippen molar-refractivity contribution in [2.75, 3.05) is 0 Å². The molecule has 0 radical (unpaired) electrons. The highest BCUT2D eigenvalue weighted by Crippen LogP contribution is 2.28. The highest BCUT2D eigenvalue weighted by molar-refractivity contribution is 4.84. The van der Waals surface area contributed by atoms with Crippen LogP contribution in [0.15, 0.2) is 25.4 Å². The van der Waals surface area contributed by atoms with E-state index in [0.29, 0.717) is 5.41 Å². The van der Waals surface area contributed by atoms with E-state index < -0.39 is 0 Å². The molecule has 0 fully saturated rings. The lowest BCUT2D eigenvalue weighted by Crippen LogP contribution is -2.10. The molecule has 0 heterocycles. The van der Waals surface area contributed by atoms with Crippen molar-refractivity contribution in [3.05, 3.63) is 25.4 Å². The van der Waals surface area contributed by atoms with Gasteiger partial charge in [0, 0.05) is 5.70 Å². The van der Waals surface area contributed by atoms with Crippen molar-refractivity contribution in [1.29, 1.82) is 0 Å². The summed E-state index contributed by atoms with van der Waals surface area (Å²) in [7, 11) is 0. The molecule has 0 rings (SSSR count). The standard InChI is InChI=1S/C8H18.C5H11N.C2H4/c1-5-8(4,6-2)7-3;1-3-4-5(2)6;1-2/h5-7H2,1-4H3;2-4,6H2,1H3;1-2H2. The van der Waals surface area contributed by atoms with Crippen LogP contribution in [-0.4, -0.2) is 0 Å². The summed E-state index contributed by atoms with van der Waals surface area (Å²) in [5, 5.41) is 0. The fourth-order valence-corrected chi connectivity index (χ4v) is 1.07. The van der Waals surface area contributed by atoms with E-state index >= 15 is 0 Å². The summed E-state index contributed by atoms with van der Waals surface area (Å²) < 4.78 is 0. The summed E-state index contributed by atoms with van der Waals surface area (Å²) in [6.07, 6.45) is 6.02. The van der Waals surface area contributed by atoms with E-state index in [0.717, 1.165) is 18.5 Å². The smallest absolute Gasteiger partial charge is 0.000733 e. The van der Waals surface area contributed by atoms with Crippen LogP contribution in [0.4, 0.5) is 0 Å². The zero-order chi connectivity index (χ0) is 13.6. The molecule has 0 aliphatic heterocycles. The number of rotatable bonds is 5. The van der Waals surface area contributed by atoms with Gasteiger partial charge in [0.05, 0.1) is 0 Å². The van der Waals surface area contributed by atoms with Gasteiger partial charge in [-0.2, -0.15) is 0 Å². The number of nitrogens with two attached hydrogens (primary N) is 1. The molecule has 0 aromatic carbocycles. The van der Waals surface area contributed by atoms with Gasteiger partial charge in [0.2, 0.25) is 0 Å². The van der Waals surface area contributed by atoms with E-state index in [1.165, 1.54) is 19.3 Å². The van der Waals surface area contributed by atoms with Gasteiger partial charge in [-0.05, 0) is 11.8 Å². The van der Waals surface area contributed by atoms with Gasteiger partial charge in [0.15, 0.2) is 0 Å². The van der Waals surface area contributed by atoms with Crippen molar-refractivity contribution in [1.82, 2.24) is 0 Å². The number of hydrogen-bond donors (Lipinski definition) is 1. The Morgan fingerprint density at radius 1 is 1.00 bits per heavy atom. The Kier molecular flexibility index (Phi) is 18.4. The molecule has 1 nitrogen and oxygen atoms in total. The van der Waals surface area contributed by atoms with Gasteiger partial charge in [-0.25, -0.2) is 0 Å². The molecule has 0 aliphatic rings. The summed E-state index contributed by atoms with van der Waals surface area (Å²) in [6.45, 7) is 20.8. The summed E-state index contributed by atoms with van der Waals surface area (Å²) in [4.78, 5) is 0. The predicted molar refractivity (Wildman–Crippen MR) is 78.5 cm³/mol. The molecule has 0 unspecified atom stereocenters. The molecule has 0 bridgehead atoms. The first kappa shape index (κ1) is 20.7. The molecule has 16 heavy (non-hydrogen) atoms. The minimum Gasteiger partial charge on any atom is -0.403 e. The Bertz CT molecular complexity index is 137. The van der Waals surface area contributed by atoms with Gasteiger partial charge >= 0.3 is 0 Å². The summed E-state index contributed by atoms with van der Waals surface area (Å²) in [5.41, 5.74) is 6.62. The van der Waals surface area contributed by atoms with Crippen LogP contribution < -0.4 is 5.73 Å². The normalized spacial score (nSPS) is 9.31. The second-order valence-corrected chi connectivity index (χ2v) is 4.28. The summed E-state index contributed by atoms with van der Waals surface area (Å²) in [5.74, 6) is 0. The molecule has 0 aromatic heterocycles. The van der Waals surface area contributed by atoms with Gasteiger partial charge in [-0.1, -0.05) is 66.9 Å². The Labute approximate surface area is 104 Å². The molecule has 0 saturated heterocycles. The molecule has 0 spiro atoms.